The Balaban J connectivity index is 2.26. The van der Waals surface area contributed by atoms with E-state index in [1.807, 2.05) is 54.6 Å². The minimum Gasteiger partial charge on any atom is -0.426 e. The van der Waals surface area contributed by atoms with Gasteiger partial charge in [0.15, 0.2) is 11.5 Å². The Bertz CT molecular complexity index is 1440. The van der Waals surface area contributed by atoms with E-state index in [0.29, 0.717) is 21.0 Å². The van der Waals surface area contributed by atoms with Crippen LogP contribution < -0.4 is 14.2 Å². The molecule has 0 amide bonds. The van der Waals surface area contributed by atoms with Crippen molar-refractivity contribution in [2.45, 2.75) is 20.8 Å². The highest BCUT2D eigenvalue weighted by Crippen LogP contribution is 2.53. The van der Waals surface area contributed by atoms with Crippen LogP contribution in [0.1, 0.15) is 20.8 Å². The number of rotatable bonds is 4. The summed E-state index contributed by atoms with van der Waals surface area (Å²) in [6, 6.07) is 18.5. The maximum absolute atomic E-state index is 12.1. The fourth-order valence-corrected chi connectivity index (χ4v) is 4.43. The van der Waals surface area contributed by atoms with Crippen molar-refractivity contribution >= 4 is 55.4 Å². The summed E-state index contributed by atoms with van der Waals surface area (Å²) in [7, 11) is 0. The highest BCUT2D eigenvalue weighted by molar-refractivity contribution is 9.10. The van der Waals surface area contributed by atoms with Gasteiger partial charge in [-0.2, -0.15) is 0 Å². The molecule has 0 aliphatic rings. The Morgan fingerprint density at radius 1 is 0.606 bits per heavy atom. The van der Waals surface area contributed by atoms with Crippen molar-refractivity contribution in [3.8, 4) is 28.4 Å². The van der Waals surface area contributed by atoms with Gasteiger partial charge in [0.1, 0.15) is 5.75 Å². The lowest BCUT2D eigenvalue weighted by Gasteiger charge is -2.21. The molecule has 4 rings (SSSR count). The summed E-state index contributed by atoms with van der Waals surface area (Å²) < 4.78 is 17.2. The minimum atomic E-state index is -0.596. The Labute approximate surface area is 198 Å². The molecule has 0 aromatic heterocycles. The molecule has 0 aliphatic heterocycles. The second-order valence-corrected chi connectivity index (χ2v) is 8.13. The Morgan fingerprint density at radius 3 is 1.79 bits per heavy atom. The first kappa shape index (κ1) is 22.5. The molecule has 0 radical (unpaired) electrons. The molecule has 7 heteroatoms. The molecular formula is C26H19BrO6. The quantitative estimate of drug-likeness (QED) is 0.242. The number of hydrogen-bond acceptors (Lipinski definition) is 6. The third-order valence-corrected chi connectivity index (χ3v) is 5.74. The van der Waals surface area contributed by atoms with E-state index in [1.165, 1.54) is 20.8 Å². The van der Waals surface area contributed by atoms with Crippen molar-refractivity contribution in [2.75, 3.05) is 0 Å². The van der Waals surface area contributed by atoms with Crippen LogP contribution in [-0.2, 0) is 14.4 Å². The molecule has 0 unspecified atom stereocenters. The predicted octanol–water partition coefficient (Wildman–Crippen LogP) is 6.20. The first-order chi connectivity index (χ1) is 15.8. The summed E-state index contributed by atoms with van der Waals surface area (Å²) in [5.41, 5.74) is 1.00. The van der Waals surface area contributed by atoms with Gasteiger partial charge in [-0.3, -0.25) is 14.4 Å². The topological polar surface area (TPSA) is 78.9 Å². The van der Waals surface area contributed by atoms with E-state index < -0.39 is 17.9 Å². The summed E-state index contributed by atoms with van der Waals surface area (Å²) in [6.45, 7) is 3.84. The lowest BCUT2D eigenvalue weighted by molar-refractivity contribution is -0.134. The molecule has 6 nitrogen and oxygen atoms in total. The second kappa shape index (κ2) is 9.03. The van der Waals surface area contributed by atoms with Crippen molar-refractivity contribution in [1.82, 2.24) is 0 Å². The molecule has 0 N–H and O–H groups in total. The Morgan fingerprint density at radius 2 is 1.15 bits per heavy atom. The molecule has 0 saturated carbocycles. The van der Waals surface area contributed by atoms with E-state index in [9.17, 15) is 14.4 Å². The fourth-order valence-electron chi connectivity index (χ4n) is 3.82. The summed E-state index contributed by atoms with van der Waals surface area (Å²) in [6.07, 6.45) is 0. The third kappa shape index (κ3) is 4.32. The van der Waals surface area contributed by atoms with Crippen LogP contribution in [0.2, 0.25) is 0 Å². The number of halogens is 1. The van der Waals surface area contributed by atoms with Crippen LogP contribution in [0.3, 0.4) is 0 Å². The number of esters is 3. The van der Waals surface area contributed by atoms with Gasteiger partial charge in [0.25, 0.3) is 0 Å². The van der Waals surface area contributed by atoms with Crippen LogP contribution in [0.4, 0.5) is 0 Å². The van der Waals surface area contributed by atoms with E-state index in [2.05, 4.69) is 15.9 Å². The molecule has 0 spiro atoms. The lowest BCUT2D eigenvalue weighted by atomic mass is 9.91. The van der Waals surface area contributed by atoms with Crippen LogP contribution in [0.5, 0.6) is 17.2 Å². The maximum Gasteiger partial charge on any atom is 0.308 e. The molecule has 0 aliphatic carbocycles. The molecule has 0 bridgehead atoms. The van der Waals surface area contributed by atoms with Gasteiger partial charge >= 0.3 is 17.9 Å². The van der Waals surface area contributed by atoms with Crippen molar-refractivity contribution in [1.29, 1.82) is 0 Å². The van der Waals surface area contributed by atoms with Gasteiger partial charge in [-0.15, -0.1) is 0 Å². The van der Waals surface area contributed by atoms with Crippen LogP contribution in [0.15, 0.2) is 65.1 Å². The smallest absolute Gasteiger partial charge is 0.308 e. The highest BCUT2D eigenvalue weighted by Gasteiger charge is 2.27. The molecule has 166 valence electrons. The molecular weight excluding hydrogens is 488 g/mol. The maximum atomic E-state index is 12.1. The van der Waals surface area contributed by atoms with Gasteiger partial charge in [-0.1, -0.05) is 54.6 Å². The second-order valence-electron chi connectivity index (χ2n) is 7.33. The average Bonchev–Trinajstić information content (AvgIpc) is 2.76. The summed E-state index contributed by atoms with van der Waals surface area (Å²) in [5, 5.41) is 3.09. The van der Waals surface area contributed by atoms with E-state index in [4.69, 9.17) is 14.2 Å². The first-order valence-corrected chi connectivity index (χ1v) is 10.9. The minimum absolute atomic E-state index is 0.0491. The molecule has 33 heavy (non-hydrogen) atoms. The van der Waals surface area contributed by atoms with Crippen LogP contribution in [0.25, 0.3) is 32.7 Å². The van der Waals surface area contributed by atoms with Gasteiger partial charge in [-0.05, 0) is 38.2 Å². The molecule has 0 fully saturated rings. The first-order valence-electron chi connectivity index (χ1n) is 10.1. The number of ether oxygens (including phenoxy) is 3. The number of carbonyl (C=O) groups is 3. The van der Waals surface area contributed by atoms with E-state index in [-0.39, 0.29) is 17.2 Å². The monoisotopic (exact) mass is 506 g/mol. The molecule has 0 heterocycles. The van der Waals surface area contributed by atoms with Crippen LogP contribution in [0, 0.1) is 0 Å². The van der Waals surface area contributed by atoms with Crippen LogP contribution in [-0.4, -0.2) is 17.9 Å². The lowest BCUT2D eigenvalue weighted by Crippen LogP contribution is -2.10. The standard InChI is InChI=1S/C26H19BrO6/c1-14(28)31-21-13-12-17-8-4-5-9-18(17)22(21)23-19-10-6-7-11-20(19)24(27)26(33-16(3)30)25(23)32-15(2)29/h4-13H,1-3H3. The number of hydrogen-bond donors (Lipinski definition) is 0. The van der Waals surface area contributed by atoms with Crippen molar-refractivity contribution in [3.05, 3.63) is 65.1 Å². The van der Waals surface area contributed by atoms with Gasteiger partial charge in [-0.25, -0.2) is 0 Å². The SMILES string of the molecule is CC(=O)Oc1ccc2ccccc2c1-c1c(OC(C)=O)c(OC(C)=O)c(Br)c2ccccc12. The third-order valence-electron chi connectivity index (χ3n) is 4.95. The zero-order valence-electron chi connectivity index (χ0n) is 18.1. The average molecular weight is 507 g/mol. The Hall–Kier alpha value is -3.71. The summed E-state index contributed by atoms with van der Waals surface area (Å²) in [5.74, 6) is -1.27. The molecule has 0 saturated heterocycles. The van der Waals surface area contributed by atoms with E-state index in [1.54, 1.807) is 6.07 Å². The number of benzene rings is 4. The molecule has 0 atom stereocenters. The van der Waals surface area contributed by atoms with Crippen molar-refractivity contribution in [2.24, 2.45) is 0 Å². The van der Waals surface area contributed by atoms with Gasteiger partial charge in [0.2, 0.25) is 0 Å². The Kier molecular flexibility index (Phi) is 6.16. The normalized spacial score (nSPS) is 10.8. The summed E-state index contributed by atoms with van der Waals surface area (Å²) >= 11 is 3.51. The highest BCUT2D eigenvalue weighted by atomic mass is 79.9. The predicted molar refractivity (Wildman–Crippen MR) is 129 cm³/mol. The van der Waals surface area contributed by atoms with Gasteiger partial charge in [0.05, 0.1) is 4.47 Å². The van der Waals surface area contributed by atoms with Crippen LogP contribution >= 0.6 is 15.9 Å². The largest absolute Gasteiger partial charge is 0.426 e. The van der Waals surface area contributed by atoms with Gasteiger partial charge in [0, 0.05) is 37.3 Å². The van der Waals surface area contributed by atoms with E-state index in [0.717, 1.165) is 16.2 Å². The number of carbonyl (C=O) groups excluding carboxylic acids is 3. The molecule has 4 aromatic carbocycles. The fraction of sp³-hybridized carbons (Fsp3) is 0.115. The van der Waals surface area contributed by atoms with Crippen molar-refractivity contribution in [3.63, 3.8) is 0 Å². The van der Waals surface area contributed by atoms with Crippen molar-refractivity contribution < 1.29 is 28.6 Å². The summed E-state index contributed by atoms with van der Waals surface area (Å²) in [4.78, 5) is 36.0. The van der Waals surface area contributed by atoms with E-state index >= 15 is 0 Å². The van der Waals surface area contributed by atoms with Gasteiger partial charge < -0.3 is 14.2 Å². The number of fused-ring (bicyclic) bond motifs is 2. The zero-order valence-corrected chi connectivity index (χ0v) is 19.7. The zero-order chi connectivity index (χ0) is 23.7. The molecule has 4 aromatic rings.